The number of rotatable bonds is 10. The van der Waals surface area contributed by atoms with Crippen molar-refractivity contribution in [2.75, 3.05) is 69.4 Å². The maximum Gasteiger partial charge on any atom is 0.350 e. The Labute approximate surface area is 260 Å². The first-order chi connectivity index (χ1) is 21.1. The largest absolute Gasteiger partial charge is 0.462 e. The molecule has 0 unspecified atom stereocenters. The second-order valence-electron chi connectivity index (χ2n) is 10.6. The Morgan fingerprint density at radius 1 is 1.05 bits per heavy atom. The van der Waals surface area contributed by atoms with Gasteiger partial charge in [0.2, 0.25) is 11.9 Å². The molecule has 0 spiro atoms. The van der Waals surface area contributed by atoms with E-state index in [1.807, 2.05) is 4.90 Å². The van der Waals surface area contributed by atoms with Crippen molar-refractivity contribution in [1.29, 1.82) is 0 Å². The lowest BCUT2D eigenvalue weighted by Gasteiger charge is -2.29. The number of sulfone groups is 1. The number of esters is 1. The molecular weight excluding hydrogens is 606 g/mol. The van der Waals surface area contributed by atoms with E-state index in [-0.39, 0.29) is 17.4 Å². The van der Waals surface area contributed by atoms with Crippen LogP contribution >= 0.6 is 11.3 Å². The fourth-order valence-corrected chi connectivity index (χ4v) is 6.56. The molecule has 0 aliphatic carbocycles. The Morgan fingerprint density at radius 3 is 2.48 bits per heavy atom. The molecule has 1 fully saturated rings. The zero-order chi connectivity index (χ0) is 31.3. The lowest BCUT2D eigenvalue weighted by Crippen LogP contribution is -2.45. The van der Waals surface area contributed by atoms with E-state index in [1.165, 1.54) is 17.6 Å². The SMILES string of the molecule is CCOC(=O)c1sc(Nc2nc3c(c(NCc4ccc(S(C)(=O)=O)cc4)n2)CCN(C(=O)CN2CCOCC2)CC3)nc1C. The van der Waals surface area contributed by atoms with E-state index >= 15 is 0 Å². The maximum atomic E-state index is 13.2. The first-order valence-corrected chi connectivity index (χ1v) is 17.2. The second-order valence-corrected chi connectivity index (χ2v) is 13.7. The summed E-state index contributed by atoms with van der Waals surface area (Å²) in [4.78, 5) is 44.3. The molecule has 0 radical (unpaired) electrons. The van der Waals surface area contributed by atoms with Gasteiger partial charge in [0.15, 0.2) is 15.0 Å². The normalized spacial score (nSPS) is 15.8. The molecule has 4 heterocycles. The molecule has 1 aromatic carbocycles. The van der Waals surface area contributed by atoms with E-state index in [9.17, 15) is 18.0 Å². The van der Waals surface area contributed by atoms with E-state index in [0.29, 0.717) is 79.7 Å². The van der Waals surface area contributed by atoms with Gasteiger partial charge in [-0.15, -0.1) is 0 Å². The van der Waals surface area contributed by atoms with Gasteiger partial charge in [0.1, 0.15) is 10.7 Å². The van der Waals surface area contributed by atoms with Crippen LogP contribution in [0.4, 0.5) is 16.9 Å². The Morgan fingerprint density at radius 2 is 1.77 bits per heavy atom. The number of benzene rings is 1. The minimum absolute atomic E-state index is 0.0799. The summed E-state index contributed by atoms with van der Waals surface area (Å²) in [6.45, 7) is 8.35. The third-order valence-electron chi connectivity index (χ3n) is 7.45. The number of anilines is 3. The van der Waals surface area contributed by atoms with Gasteiger partial charge in [0, 0.05) is 51.0 Å². The number of morpholine rings is 1. The number of nitrogens with one attached hydrogen (secondary N) is 2. The molecule has 236 valence electrons. The number of ether oxygens (including phenoxy) is 2. The van der Waals surface area contributed by atoms with Crippen LogP contribution in [0.3, 0.4) is 0 Å². The molecule has 15 heteroatoms. The van der Waals surface area contributed by atoms with Crippen LogP contribution in [0.2, 0.25) is 0 Å². The number of aromatic nitrogens is 3. The van der Waals surface area contributed by atoms with Gasteiger partial charge in [-0.1, -0.05) is 23.5 Å². The maximum absolute atomic E-state index is 13.2. The smallest absolute Gasteiger partial charge is 0.350 e. The summed E-state index contributed by atoms with van der Waals surface area (Å²) in [6, 6.07) is 6.71. The van der Waals surface area contributed by atoms with Gasteiger partial charge < -0.3 is 19.7 Å². The highest BCUT2D eigenvalue weighted by Gasteiger charge is 2.25. The lowest BCUT2D eigenvalue weighted by atomic mass is 10.1. The predicted octanol–water partition coefficient (Wildman–Crippen LogP) is 2.44. The van der Waals surface area contributed by atoms with Crippen LogP contribution in [0.1, 0.15) is 39.1 Å². The van der Waals surface area contributed by atoms with Crippen molar-refractivity contribution < 1.29 is 27.5 Å². The van der Waals surface area contributed by atoms with E-state index < -0.39 is 15.8 Å². The van der Waals surface area contributed by atoms with Gasteiger partial charge in [-0.05, 0) is 38.0 Å². The monoisotopic (exact) mass is 643 g/mol. The van der Waals surface area contributed by atoms with Crippen molar-refractivity contribution in [2.24, 2.45) is 0 Å². The van der Waals surface area contributed by atoms with E-state index in [2.05, 4.69) is 20.5 Å². The lowest BCUT2D eigenvalue weighted by molar-refractivity contribution is -0.133. The molecule has 44 heavy (non-hydrogen) atoms. The molecule has 2 aromatic heterocycles. The average Bonchev–Trinajstić information content (AvgIpc) is 3.22. The van der Waals surface area contributed by atoms with Crippen LogP contribution in [0.25, 0.3) is 0 Å². The number of hydrogen-bond acceptors (Lipinski definition) is 13. The van der Waals surface area contributed by atoms with Crippen LogP contribution in [-0.2, 0) is 43.5 Å². The third-order valence-corrected chi connectivity index (χ3v) is 9.63. The van der Waals surface area contributed by atoms with Gasteiger partial charge in [0.25, 0.3) is 0 Å². The zero-order valence-corrected chi connectivity index (χ0v) is 26.7. The Balaban J connectivity index is 1.37. The molecule has 5 rings (SSSR count). The number of hydrogen-bond donors (Lipinski definition) is 2. The third kappa shape index (κ3) is 7.88. The Hall–Kier alpha value is -3.66. The van der Waals surface area contributed by atoms with Crippen molar-refractivity contribution in [2.45, 2.75) is 38.1 Å². The summed E-state index contributed by atoms with van der Waals surface area (Å²) >= 11 is 1.17. The van der Waals surface area contributed by atoms with Crippen LogP contribution < -0.4 is 10.6 Å². The first kappa shape index (κ1) is 31.8. The van der Waals surface area contributed by atoms with Crippen molar-refractivity contribution in [3.05, 3.63) is 51.7 Å². The highest BCUT2D eigenvalue weighted by atomic mass is 32.2. The summed E-state index contributed by atoms with van der Waals surface area (Å²) < 4.78 is 34.3. The molecule has 13 nitrogen and oxygen atoms in total. The minimum Gasteiger partial charge on any atom is -0.462 e. The molecule has 0 saturated carbocycles. The number of carbonyl (C=O) groups excluding carboxylic acids is 2. The molecule has 0 atom stereocenters. The average molecular weight is 644 g/mol. The van der Waals surface area contributed by atoms with Gasteiger partial charge in [-0.2, -0.15) is 4.98 Å². The van der Waals surface area contributed by atoms with Crippen molar-refractivity contribution in [1.82, 2.24) is 24.8 Å². The van der Waals surface area contributed by atoms with Gasteiger partial charge in [-0.3, -0.25) is 15.0 Å². The predicted molar refractivity (Wildman–Crippen MR) is 166 cm³/mol. The number of carbonyl (C=O) groups is 2. The number of amides is 1. The molecule has 2 N–H and O–H groups in total. The quantitative estimate of drug-likeness (QED) is 0.312. The van der Waals surface area contributed by atoms with Gasteiger partial charge in [-0.25, -0.2) is 23.2 Å². The van der Waals surface area contributed by atoms with Crippen molar-refractivity contribution in [3.63, 3.8) is 0 Å². The van der Waals surface area contributed by atoms with Crippen LogP contribution in [0, 0.1) is 6.92 Å². The van der Waals surface area contributed by atoms with E-state index in [0.717, 1.165) is 29.9 Å². The van der Waals surface area contributed by atoms with Gasteiger partial charge >= 0.3 is 5.97 Å². The number of aryl methyl sites for hydroxylation is 1. The van der Waals surface area contributed by atoms with Gasteiger partial charge in [0.05, 0.1) is 42.6 Å². The highest BCUT2D eigenvalue weighted by Crippen LogP contribution is 2.29. The molecule has 2 aliphatic rings. The van der Waals surface area contributed by atoms with Crippen LogP contribution in [0.15, 0.2) is 29.2 Å². The summed E-state index contributed by atoms with van der Waals surface area (Å²) in [5, 5.41) is 7.02. The minimum atomic E-state index is -3.29. The topological polar surface area (TPSA) is 156 Å². The molecule has 2 aliphatic heterocycles. The molecule has 0 bridgehead atoms. The first-order valence-electron chi connectivity index (χ1n) is 14.5. The fraction of sp³-hybridized carbons (Fsp3) is 0.483. The van der Waals surface area contributed by atoms with Crippen LogP contribution in [-0.4, -0.2) is 104 Å². The molecule has 1 amide bonds. The Bertz CT molecular complexity index is 1600. The van der Waals surface area contributed by atoms with E-state index in [1.54, 1.807) is 38.1 Å². The van der Waals surface area contributed by atoms with Crippen molar-refractivity contribution in [3.8, 4) is 0 Å². The number of thiazole rings is 1. The fourth-order valence-electron chi connectivity index (χ4n) is 5.07. The standard InChI is InChI=1S/C29H37N7O6S2/c1-4-42-27(38)25-19(2)31-29(43-25)34-28-32-23-10-12-36(24(37)18-35-13-15-41-16-14-35)11-9-22(23)26(33-28)30-17-20-5-7-21(8-6-20)44(3,39)40/h5-8H,4,9-18H2,1-3H3,(H2,30,31,32,33,34). The van der Waals surface area contributed by atoms with Crippen molar-refractivity contribution >= 4 is 49.9 Å². The summed E-state index contributed by atoms with van der Waals surface area (Å²) in [6.07, 6.45) is 2.30. The zero-order valence-electron chi connectivity index (χ0n) is 25.1. The van der Waals surface area contributed by atoms with E-state index in [4.69, 9.17) is 19.4 Å². The second kappa shape index (κ2) is 14.0. The molecule has 3 aromatic rings. The highest BCUT2D eigenvalue weighted by molar-refractivity contribution is 7.90. The van der Waals surface area contributed by atoms with Crippen LogP contribution in [0.5, 0.6) is 0 Å². The number of nitrogens with zero attached hydrogens (tertiary/aromatic N) is 5. The summed E-state index contributed by atoms with van der Waals surface area (Å²) in [7, 11) is -3.29. The summed E-state index contributed by atoms with van der Waals surface area (Å²) in [5.41, 5.74) is 3.17. The molecule has 1 saturated heterocycles. The Kier molecular flexibility index (Phi) is 10.1. The molecular formula is C29H37N7O6S2. The number of fused-ring (bicyclic) bond motifs is 1. The summed E-state index contributed by atoms with van der Waals surface area (Å²) in [5.74, 6) is 0.586.